The maximum Gasteiger partial charge on any atom is 0.257 e. The molecule has 0 radical (unpaired) electrons. The average Bonchev–Trinajstić information content (AvgIpc) is 3.49. The van der Waals surface area contributed by atoms with Crippen LogP contribution in [0.4, 0.5) is 0 Å². The van der Waals surface area contributed by atoms with E-state index in [1.165, 1.54) is 19.3 Å². The third kappa shape index (κ3) is 5.57. The van der Waals surface area contributed by atoms with Gasteiger partial charge in [0.25, 0.3) is 11.8 Å². The van der Waals surface area contributed by atoms with Crippen LogP contribution in [0.3, 0.4) is 0 Å². The quantitative estimate of drug-likeness (QED) is 0.485. The van der Waals surface area contributed by atoms with Crippen molar-refractivity contribution in [2.75, 3.05) is 87.0 Å². The Hall–Kier alpha value is -1.26. The molecule has 9 nitrogen and oxygen atoms in total. The van der Waals surface area contributed by atoms with Crippen LogP contribution < -0.4 is 0 Å². The molecule has 0 saturated carbocycles. The first kappa shape index (κ1) is 24.4. The van der Waals surface area contributed by atoms with E-state index in [0.717, 1.165) is 19.6 Å². The number of methoxy groups -OCH3 is 2. The van der Waals surface area contributed by atoms with Crippen LogP contribution in [-0.2, 0) is 28.5 Å². The van der Waals surface area contributed by atoms with Crippen molar-refractivity contribution in [1.29, 1.82) is 0 Å². The standard InChI is InChI=1S/C22H39N3O6/c1-23(19(26)21(28-2)7-15-30-17-21)11-13-25(14-12-24-9-5-4-6-10-24)20(27)22(29-3)8-16-31-18-22/h4-18H2,1-3H3/t21-,22+/m1/s1. The number of piperidine rings is 1. The summed E-state index contributed by atoms with van der Waals surface area (Å²) in [6, 6.07) is 0. The van der Waals surface area contributed by atoms with Crippen molar-refractivity contribution in [3.05, 3.63) is 0 Å². The Balaban J connectivity index is 1.63. The van der Waals surface area contributed by atoms with Crippen molar-refractivity contribution < 1.29 is 28.5 Å². The van der Waals surface area contributed by atoms with Crippen molar-refractivity contribution >= 4 is 11.8 Å². The maximum absolute atomic E-state index is 13.5. The molecule has 0 aromatic heterocycles. The molecule has 0 bridgehead atoms. The molecule has 3 saturated heterocycles. The third-order valence-corrected chi connectivity index (χ3v) is 7.01. The van der Waals surface area contributed by atoms with E-state index in [9.17, 15) is 9.59 Å². The van der Waals surface area contributed by atoms with Crippen LogP contribution in [-0.4, -0.2) is 125 Å². The Morgan fingerprint density at radius 3 is 1.97 bits per heavy atom. The first-order valence-corrected chi connectivity index (χ1v) is 11.5. The van der Waals surface area contributed by atoms with Gasteiger partial charge in [-0.1, -0.05) is 6.42 Å². The fraction of sp³-hybridized carbons (Fsp3) is 0.909. The van der Waals surface area contributed by atoms with Gasteiger partial charge in [0.1, 0.15) is 0 Å². The number of ether oxygens (including phenoxy) is 4. The second kappa shape index (κ2) is 11.0. The van der Waals surface area contributed by atoms with Gasteiger partial charge in [-0.15, -0.1) is 0 Å². The minimum atomic E-state index is -0.919. The van der Waals surface area contributed by atoms with Crippen molar-refractivity contribution in [3.63, 3.8) is 0 Å². The van der Waals surface area contributed by atoms with Crippen LogP contribution in [0.15, 0.2) is 0 Å². The molecule has 0 aromatic rings. The van der Waals surface area contributed by atoms with Gasteiger partial charge in [-0.3, -0.25) is 9.59 Å². The molecule has 3 rings (SSSR count). The predicted octanol–water partition coefficient (Wildman–Crippen LogP) is 0.370. The van der Waals surface area contributed by atoms with Gasteiger partial charge in [0.2, 0.25) is 0 Å². The second-order valence-corrected chi connectivity index (χ2v) is 8.92. The number of hydrogen-bond donors (Lipinski definition) is 0. The van der Waals surface area contributed by atoms with Gasteiger partial charge >= 0.3 is 0 Å². The Kier molecular flexibility index (Phi) is 8.69. The molecule has 0 N–H and O–H groups in total. The summed E-state index contributed by atoms with van der Waals surface area (Å²) in [5, 5.41) is 0. The Labute approximate surface area is 185 Å². The molecule has 0 spiro atoms. The number of hydrogen-bond acceptors (Lipinski definition) is 7. The molecule has 178 valence electrons. The summed E-state index contributed by atoms with van der Waals surface area (Å²) in [5.74, 6) is -0.141. The fourth-order valence-electron chi connectivity index (χ4n) is 4.69. The van der Waals surface area contributed by atoms with E-state index in [4.69, 9.17) is 18.9 Å². The molecule has 31 heavy (non-hydrogen) atoms. The van der Waals surface area contributed by atoms with Crippen molar-refractivity contribution in [3.8, 4) is 0 Å². The molecular formula is C22H39N3O6. The third-order valence-electron chi connectivity index (χ3n) is 7.01. The number of carbonyl (C=O) groups is 2. The normalized spacial score (nSPS) is 29.3. The lowest BCUT2D eigenvalue weighted by molar-refractivity contribution is -0.158. The van der Waals surface area contributed by atoms with E-state index in [-0.39, 0.29) is 25.0 Å². The van der Waals surface area contributed by atoms with Crippen molar-refractivity contribution in [1.82, 2.24) is 14.7 Å². The van der Waals surface area contributed by atoms with Crippen LogP contribution in [0, 0.1) is 0 Å². The van der Waals surface area contributed by atoms with Crippen LogP contribution in [0.5, 0.6) is 0 Å². The number of nitrogens with zero attached hydrogens (tertiary/aromatic N) is 3. The first-order valence-electron chi connectivity index (χ1n) is 11.5. The molecule has 2 atom stereocenters. The van der Waals surface area contributed by atoms with Gasteiger partial charge in [0.15, 0.2) is 11.2 Å². The number of amides is 2. The van der Waals surface area contributed by atoms with Gasteiger partial charge in [0.05, 0.1) is 26.4 Å². The highest BCUT2D eigenvalue weighted by atomic mass is 16.6. The highest BCUT2D eigenvalue weighted by molar-refractivity contribution is 5.87. The van der Waals surface area contributed by atoms with Gasteiger partial charge in [0, 0.05) is 60.3 Å². The Morgan fingerprint density at radius 2 is 1.45 bits per heavy atom. The van der Waals surface area contributed by atoms with Gasteiger partial charge in [-0.25, -0.2) is 0 Å². The van der Waals surface area contributed by atoms with Gasteiger partial charge in [-0.2, -0.15) is 0 Å². The van der Waals surface area contributed by atoms with Crippen LogP contribution >= 0.6 is 0 Å². The van der Waals surface area contributed by atoms with Crippen LogP contribution in [0.2, 0.25) is 0 Å². The van der Waals surface area contributed by atoms with E-state index in [1.807, 2.05) is 4.90 Å². The van der Waals surface area contributed by atoms with Crippen molar-refractivity contribution in [2.24, 2.45) is 0 Å². The summed E-state index contributed by atoms with van der Waals surface area (Å²) in [6.07, 6.45) is 4.81. The molecule has 2 amide bonds. The topological polar surface area (TPSA) is 80.8 Å². The summed E-state index contributed by atoms with van der Waals surface area (Å²) in [4.78, 5) is 32.4. The zero-order valence-corrected chi connectivity index (χ0v) is 19.4. The van der Waals surface area contributed by atoms with Gasteiger partial charge < -0.3 is 33.6 Å². The molecule has 0 unspecified atom stereocenters. The largest absolute Gasteiger partial charge is 0.378 e. The molecule has 0 aromatic carbocycles. The second-order valence-electron chi connectivity index (χ2n) is 8.92. The lowest BCUT2D eigenvalue weighted by Crippen LogP contribution is -2.55. The number of likely N-dealkylation sites (N-methyl/N-ethyl adjacent to an activating group) is 1. The number of likely N-dealkylation sites (tertiary alicyclic amines) is 1. The van der Waals surface area contributed by atoms with Crippen LogP contribution in [0.25, 0.3) is 0 Å². The predicted molar refractivity (Wildman–Crippen MR) is 115 cm³/mol. The van der Waals surface area contributed by atoms with E-state index in [1.54, 1.807) is 26.2 Å². The lowest BCUT2D eigenvalue weighted by Gasteiger charge is -2.36. The minimum absolute atomic E-state index is 0.0454. The zero-order valence-electron chi connectivity index (χ0n) is 19.4. The maximum atomic E-state index is 13.5. The first-order chi connectivity index (χ1) is 15.0. The Bertz CT molecular complexity index is 598. The summed E-state index contributed by atoms with van der Waals surface area (Å²) in [6.45, 7) is 6.07. The summed E-state index contributed by atoms with van der Waals surface area (Å²) >= 11 is 0. The minimum Gasteiger partial charge on any atom is -0.378 e. The monoisotopic (exact) mass is 441 g/mol. The fourth-order valence-corrected chi connectivity index (χ4v) is 4.69. The van der Waals surface area contributed by atoms with E-state index >= 15 is 0 Å². The number of carbonyl (C=O) groups excluding carboxylic acids is 2. The average molecular weight is 442 g/mol. The summed E-state index contributed by atoms with van der Waals surface area (Å²) in [5.41, 5.74) is -1.83. The smallest absolute Gasteiger partial charge is 0.257 e. The molecular weight excluding hydrogens is 402 g/mol. The molecule has 0 aliphatic carbocycles. The van der Waals surface area contributed by atoms with Crippen LogP contribution in [0.1, 0.15) is 32.1 Å². The molecule has 3 aliphatic rings. The Morgan fingerprint density at radius 1 is 0.871 bits per heavy atom. The molecule has 9 heteroatoms. The summed E-state index contributed by atoms with van der Waals surface area (Å²) in [7, 11) is 4.89. The number of rotatable bonds is 10. The van der Waals surface area contributed by atoms with E-state index < -0.39 is 11.2 Å². The zero-order chi connectivity index (χ0) is 22.3. The van der Waals surface area contributed by atoms with Gasteiger partial charge in [-0.05, 0) is 25.9 Å². The van der Waals surface area contributed by atoms with E-state index in [2.05, 4.69) is 4.90 Å². The summed E-state index contributed by atoms with van der Waals surface area (Å²) < 4.78 is 22.1. The lowest BCUT2D eigenvalue weighted by atomic mass is 10.0. The van der Waals surface area contributed by atoms with Crippen molar-refractivity contribution in [2.45, 2.75) is 43.3 Å². The molecule has 3 aliphatic heterocycles. The molecule has 3 fully saturated rings. The molecule has 3 heterocycles. The highest BCUT2D eigenvalue weighted by Gasteiger charge is 2.46. The SMILES string of the molecule is CO[C@]1(C(=O)N(C)CCN(CCN2CCCCC2)C(=O)[C@]2(OC)CCOC2)CCOC1. The van der Waals surface area contributed by atoms with E-state index in [0.29, 0.717) is 45.7 Å². The highest BCUT2D eigenvalue weighted by Crippen LogP contribution is 2.26.